The molecule has 92 valence electrons. The number of rotatable bonds is 3. The Kier molecular flexibility index (Phi) is 3.28. The molecule has 0 saturated heterocycles. The number of benzene rings is 1. The van der Waals surface area contributed by atoms with Gasteiger partial charge in [0, 0.05) is 0 Å². The van der Waals surface area contributed by atoms with Gasteiger partial charge in [0.25, 0.3) is 5.91 Å². The first kappa shape index (κ1) is 11.9. The van der Waals surface area contributed by atoms with Crippen LogP contribution in [0.15, 0.2) is 24.3 Å². The van der Waals surface area contributed by atoms with E-state index in [4.69, 9.17) is 0 Å². The molecule has 4 nitrogen and oxygen atoms in total. The van der Waals surface area contributed by atoms with E-state index in [1.165, 1.54) is 18.2 Å². The molecule has 1 fully saturated rings. The number of anilines is 1. The molecule has 0 bridgehead atoms. The molecular weight excluding hydrogens is 223 g/mol. The zero-order valence-corrected chi connectivity index (χ0v) is 9.37. The van der Waals surface area contributed by atoms with Crippen molar-refractivity contribution >= 4 is 11.6 Å². The van der Waals surface area contributed by atoms with Crippen molar-refractivity contribution in [2.75, 3.05) is 5.43 Å². The molecule has 0 heterocycles. The Bertz CT molecular complexity index is 417. The quantitative estimate of drug-likeness (QED) is 0.700. The third-order valence-corrected chi connectivity index (χ3v) is 3.00. The SMILES string of the molecule is O=C(NNc1cccc(F)c1)C1(O)CCCC1. The van der Waals surface area contributed by atoms with E-state index in [-0.39, 0.29) is 5.82 Å². The lowest BCUT2D eigenvalue weighted by atomic mass is 10.0. The van der Waals surface area contributed by atoms with Crippen LogP contribution in [0.1, 0.15) is 25.7 Å². The van der Waals surface area contributed by atoms with Crippen LogP contribution in [0.5, 0.6) is 0 Å². The Hall–Kier alpha value is -1.62. The number of aliphatic hydroxyl groups is 1. The Morgan fingerprint density at radius 3 is 2.71 bits per heavy atom. The first-order valence-corrected chi connectivity index (χ1v) is 5.65. The second-order valence-electron chi connectivity index (χ2n) is 4.33. The molecule has 0 atom stereocenters. The fraction of sp³-hybridized carbons (Fsp3) is 0.417. The summed E-state index contributed by atoms with van der Waals surface area (Å²) in [5, 5.41) is 9.97. The van der Waals surface area contributed by atoms with Crippen LogP contribution in [-0.2, 0) is 4.79 Å². The predicted octanol–water partition coefficient (Wildman–Crippen LogP) is 1.57. The molecule has 3 N–H and O–H groups in total. The highest BCUT2D eigenvalue weighted by Crippen LogP contribution is 2.29. The summed E-state index contributed by atoms with van der Waals surface area (Å²) in [4.78, 5) is 11.7. The standard InChI is InChI=1S/C12H15FN2O2/c13-9-4-3-5-10(8-9)14-15-11(16)12(17)6-1-2-7-12/h3-5,8,14,17H,1-2,6-7H2,(H,15,16). The summed E-state index contributed by atoms with van der Waals surface area (Å²) >= 11 is 0. The maximum absolute atomic E-state index is 12.9. The Morgan fingerprint density at radius 2 is 2.06 bits per heavy atom. The molecular formula is C12H15FN2O2. The van der Waals surface area contributed by atoms with Gasteiger partial charge in [0.1, 0.15) is 11.4 Å². The van der Waals surface area contributed by atoms with Crippen LogP contribution >= 0.6 is 0 Å². The molecule has 0 spiro atoms. The van der Waals surface area contributed by atoms with Crippen LogP contribution in [0.25, 0.3) is 0 Å². The zero-order valence-electron chi connectivity index (χ0n) is 9.37. The van der Waals surface area contributed by atoms with Crippen LogP contribution in [-0.4, -0.2) is 16.6 Å². The van der Waals surface area contributed by atoms with Gasteiger partial charge in [0.15, 0.2) is 0 Å². The molecule has 0 radical (unpaired) electrons. The largest absolute Gasteiger partial charge is 0.380 e. The molecule has 1 aromatic carbocycles. The number of hydrazine groups is 1. The van der Waals surface area contributed by atoms with Crippen molar-refractivity contribution in [3.05, 3.63) is 30.1 Å². The highest BCUT2D eigenvalue weighted by molar-refractivity contribution is 5.86. The van der Waals surface area contributed by atoms with E-state index < -0.39 is 11.5 Å². The van der Waals surface area contributed by atoms with Gasteiger partial charge in [0.05, 0.1) is 5.69 Å². The number of amides is 1. The summed E-state index contributed by atoms with van der Waals surface area (Å²) < 4.78 is 12.9. The monoisotopic (exact) mass is 238 g/mol. The van der Waals surface area contributed by atoms with Gasteiger partial charge < -0.3 is 5.11 Å². The van der Waals surface area contributed by atoms with Crippen LogP contribution in [0.2, 0.25) is 0 Å². The first-order valence-electron chi connectivity index (χ1n) is 5.65. The van der Waals surface area contributed by atoms with Crippen molar-refractivity contribution < 1.29 is 14.3 Å². The van der Waals surface area contributed by atoms with Crippen molar-refractivity contribution in [2.24, 2.45) is 0 Å². The topological polar surface area (TPSA) is 61.4 Å². The third-order valence-electron chi connectivity index (χ3n) is 3.00. The molecule has 1 aromatic rings. The van der Waals surface area contributed by atoms with E-state index in [0.29, 0.717) is 18.5 Å². The van der Waals surface area contributed by atoms with Gasteiger partial charge in [-0.25, -0.2) is 4.39 Å². The van der Waals surface area contributed by atoms with E-state index in [1.807, 2.05) is 0 Å². The Balaban J connectivity index is 1.92. The molecule has 1 saturated carbocycles. The summed E-state index contributed by atoms with van der Waals surface area (Å²) in [5.74, 6) is -0.844. The second-order valence-corrected chi connectivity index (χ2v) is 4.33. The summed E-state index contributed by atoms with van der Waals surface area (Å²) in [6.45, 7) is 0. The smallest absolute Gasteiger partial charge is 0.270 e. The van der Waals surface area contributed by atoms with Crippen LogP contribution < -0.4 is 10.9 Å². The van der Waals surface area contributed by atoms with Gasteiger partial charge in [-0.3, -0.25) is 15.6 Å². The van der Waals surface area contributed by atoms with Crippen molar-refractivity contribution in [1.82, 2.24) is 5.43 Å². The number of hydrogen-bond acceptors (Lipinski definition) is 3. The van der Waals surface area contributed by atoms with Crippen molar-refractivity contribution in [2.45, 2.75) is 31.3 Å². The lowest BCUT2D eigenvalue weighted by Crippen LogP contribution is -2.46. The fourth-order valence-corrected chi connectivity index (χ4v) is 2.00. The number of nitrogens with one attached hydrogen (secondary N) is 2. The van der Waals surface area contributed by atoms with Gasteiger partial charge in [-0.05, 0) is 43.9 Å². The average molecular weight is 238 g/mol. The lowest BCUT2D eigenvalue weighted by Gasteiger charge is -2.21. The molecule has 1 amide bonds. The van der Waals surface area contributed by atoms with Gasteiger partial charge in [-0.15, -0.1) is 0 Å². The van der Waals surface area contributed by atoms with Crippen molar-refractivity contribution in [3.63, 3.8) is 0 Å². The molecule has 5 heteroatoms. The van der Waals surface area contributed by atoms with Crippen molar-refractivity contribution in [1.29, 1.82) is 0 Å². The number of carbonyl (C=O) groups is 1. The van der Waals surface area contributed by atoms with Gasteiger partial charge >= 0.3 is 0 Å². The minimum absolute atomic E-state index is 0.385. The molecule has 0 aromatic heterocycles. The second kappa shape index (κ2) is 4.71. The maximum atomic E-state index is 12.9. The number of hydrogen-bond donors (Lipinski definition) is 3. The van der Waals surface area contributed by atoms with Crippen molar-refractivity contribution in [3.8, 4) is 0 Å². The van der Waals surface area contributed by atoms with Gasteiger partial charge in [-0.1, -0.05) is 6.07 Å². The van der Waals surface area contributed by atoms with Crippen LogP contribution in [0.3, 0.4) is 0 Å². The third kappa shape index (κ3) is 2.74. The normalized spacial score (nSPS) is 17.8. The average Bonchev–Trinajstić information content (AvgIpc) is 2.74. The summed E-state index contributed by atoms with van der Waals surface area (Å²) in [5.41, 5.74) is 4.16. The Morgan fingerprint density at radius 1 is 1.35 bits per heavy atom. The molecule has 0 aliphatic heterocycles. The minimum Gasteiger partial charge on any atom is -0.380 e. The van der Waals surface area contributed by atoms with E-state index in [2.05, 4.69) is 10.9 Å². The predicted molar refractivity (Wildman–Crippen MR) is 61.6 cm³/mol. The van der Waals surface area contributed by atoms with E-state index in [1.54, 1.807) is 6.07 Å². The lowest BCUT2D eigenvalue weighted by molar-refractivity contribution is -0.138. The minimum atomic E-state index is -1.28. The number of carbonyl (C=O) groups excluding carboxylic acids is 1. The highest BCUT2D eigenvalue weighted by Gasteiger charge is 2.38. The highest BCUT2D eigenvalue weighted by atomic mass is 19.1. The fourth-order valence-electron chi connectivity index (χ4n) is 2.00. The molecule has 17 heavy (non-hydrogen) atoms. The van der Waals surface area contributed by atoms with E-state index >= 15 is 0 Å². The molecule has 2 rings (SSSR count). The summed E-state index contributed by atoms with van der Waals surface area (Å²) in [6, 6.07) is 5.74. The maximum Gasteiger partial charge on any atom is 0.270 e. The van der Waals surface area contributed by atoms with E-state index in [0.717, 1.165) is 12.8 Å². The summed E-state index contributed by atoms with van der Waals surface area (Å²) in [7, 11) is 0. The van der Waals surface area contributed by atoms with Gasteiger partial charge in [0.2, 0.25) is 0 Å². The first-order chi connectivity index (χ1) is 8.10. The van der Waals surface area contributed by atoms with Crippen LogP contribution in [0, 0.1) is 5.82 Å². The Labute approximate surface area is 98.8 Å². The van der Waals surface area contributed by atoms with Gasteiger partial charge in [-0.2, -0.15) is 0 Å². The summed E-state index contributed by atoms with van der Waals surface area (Å²) in [6.07, 6.45) is 2.65. The molecule has 1 aliphatic rings. The van der Waals surface area contributed by atoms with E-state index in [9.17, 15) is 14.3 Å². The number of halogens is 1. The molecule has 1 aliphatic carbocycles. The zero-order chi connectivity index (χ0) is 12.3. The molecule has 0 unspecified atom stereocenters. The van der Waals surface area contributed by atoms with Crippen LogP contribution in [0.4, 0.5) is 10.1 Å².